The number of aryl methyl sites for hydroxylation is 2. The molecule has 1 atom stereocenters. The number of hydrogen-bond donors (Lipinski definition) is 1. The van der Waals surface area contributed by atoms with E-state index in [-0.39, 0.29) is 0 Å². The Labute approximate surface area is 91.9 Å². The Balaban J connectivity index is 2.10. The maximum atomic E-state index is 3.48. The van der Waals surface area contributed by atoms with Gasteiger partial charge in [-0.05, 0) is 37.8 Å². The SMILES string of the molecule is CC#CCNC1CCc2cc(C)ccc21. The monoisotopic (exact) mass is 199 g/mol. The summed E-state index contributed by atoms with van der Waals surface area (Å²) in [5.41, 5.74) is 4.35. The number of hydrogen-bond acceptors (Lipinski definition) is 1. The van der Waals surface area contributed by atoms with E-state index in [0.29, 0.717) is 6.04 Å². The molecule has 0 spiro atoms. The van der Waals surface area contributed by atoms with Crippen molar-refractivity contribution in [2.45, 2.75) is 32.7 Å². The summed E-state index contributed by atoms with van der Waals surface area (Å²) in [6.45, 7) is 4.84. The van der Waals surface area contributed by atoms with Gasteiger partial charge in [0, 0.05) is 6.04 Å². The van der Waals surface area contributed by atoms with E-state index in [1.807, 2.05) is 6.92 Å². The van der Waals surface area contributed by atoms with Crippen LogP contribution in [0.1, 0.15) is 36.1 Å². The molecule has 0 saturated carbocycles. The van der Waals surface area contributed by atoms with Crippen LogP contribution in [0.5, 0.6) is 0 Å². The number of rotatable bonds is 2. The molecule has 1 aromatic carbocycles. The van der Waals surface area contributed by atoms with Crippen molar-refractivity contribution in [3.63, 3.8) is 0 Å². The van der Waals surface area contributed by atoms with Crippen LogP contribution in [0, 0.1) is 18.8 Å². The zero-order valence-corrected chi connectivity index (χ0v) is 9.43. The van der Waals surface area contributed by atoms with E-state index < -0.39 is 0 Å². The van der Waals surface area contributed by atoms with Gasteiger partial charge in [-0.3, -0.25) is 5.32 Å². The zero-order valence-electron chi connectivity index (χ0n) is 9.43. The van der Waals surface area contributed by atoms with Crippen molar-refractivity contribution >= 4 is 0 Å². The van der Waals surface area contributed by atoms with Crippen molar-refractivity contribution in [1.29, 1.82) is 0 Å². The molecule has 1 heteroatoms. The molecular weight excluding hydrogens is 182 g/mol. The molecule has 78 valence electrons. The average Bonchev–Trinajstić information content (AvgIpc) is 2.61. The highest BCUT2D eigenvalue weighted by atomic mass is 14.9. The summed E-state index contributed by atoms with van der Waals surface area (Å²) in [6, 6.07) is 7.28. The summed E-state index contributed by atoms with van der Waals surface area (Å²) in [4.78, 5) is 0. The predicted octanol–water partition coefficient (Wildman–Crippen LogP) is 2.60. The molecule has 15 heavy (non-hydrogen) atoms. The van der Waals surface area contributed by atoms with Crippen molar-refractivity contribution in [1.82, 2.24) is 5.32 Å². The Morgan fingerprint density at radius 3 is 3.13 bits per heavy atom. The van der Waals surface area contributed by atoms with Crippen molar-refractivity contribution in [2.75, 3.05) is 6.54 Å². The molecule has 1 aliphatic carbocycles. The van der Waals surface area contributed by atoms with Crippen LogP contribution in [-0.2, 0) is 6.42 Å². The second-order valence-electron chi connectivity index (χ2n) is 4.10. The Kier molecular flexibility index (Phi) is 3.08. The van der Waals surface area contributed by atoms with Crippen LogP contribution in [0.15, 0.2) is 18.2 Å². The van der Waals surface area contributed by atoms with Gasteiger partial charge in [-0.2, -0.15) is 0 Å². The third-order valence-corrected chi connectivity index (χ3v) is 2.99. The lowest BCUT2D eigenvalue weighted by Crippen LogP contribution is -2.19. The van der Waals surface area contributed by atoms with E-state index in [1.165, 1.54) is 29.5 Å². The fraction of sp³-hybridized carbons (Fsp3) is 0.429. The largest absolute Gasteiger partial charge is 0.299 e. The quantitative estimate of drug-likeness (QED) is 0.722. The molecule has 1 nitrogen and oxygen atoms in total. The third-order valence-electron chi connectivity index (χ3n) is 2.99. The molecule has 0 radical (unpaired) electrons. The molecule has 0 saturated heterocycles. The third kappa shape index (κ3) is 2.22. The van der Waals surface area contributed by atoms with Gasteiger partial charge in [-0.1, -0.05) is 29.7 Å². The minimum atomic E-state index is 0.515. The minimum absolute atomic E-state index is 0.515. The summed E-state index contributed by atoms with van der Waals surface area (Å²) in [5.74, 6) is 5.97. The maximum absolute atomic E-state index is 3.48. The first-order valence-electron chi connectivity index (χ1n) is 5.53. The van der Waals surface area contributed by atoms with E-state index >= 15 is 0 Å². The summed E-state index contributed by atoms with van der Waals surface area (Å²) < 4.78 is 0. The smallest absolute Gasteiger partial charge is 0.0581 e. The highest BCUT2D eigenvalue weighted by Crippen LogP contribution is 2.31. The summed E-state index contributed by atoms with van der Waals surface area (Å²) in [5, 5.41) is 3.48. The van der Waals surface area contributed by atoms with Gasteiger partial charge in [-0.25, -0.2) is 0 Å². The van der Waals surface area contributed by atoms with Gasteiger partial charge in [0.05, 0.1) is 6.54 Å². The van der Waals surface area contributed by atoms with Crippen molar-refractivity contribution in [3.8, 4) is 11.8 Å². The summed E-state index contributed by atoms with van der Waals surface area (Å²) in [7, 11) is 0. The van der Waals surface area contributed by atoms with E-state index in [2.05, 4.69) is 42.3 Å². The van der Waals surface area contributed by atoms with Crippen molar-refractivity contribution in [3.05, 3.63) is 34.9 Å². The van der Waals surface area contributed by atoms with E-state index in [9.17, 15) is 0 Å². The Hall–Kier alpha value is -1.26. The molecule has 1 N–H and O–H groups in total. The van der Waals surface area contributed by atoms with Crippen LogP contribution in [0.3, 0.4) is 0 Å². The summed E-state index contributed by atoms with van der Waals surface area (Å²) in [6.07, 6.45) is 2.42. The van der Waals surface area contributed by atoms with Gasteiger partial charge < -0.3 is 0 Å². The van der Waals surface area contributed by atoms with Crippen molar-refractivity contribution in [2.24, 2.45) is 0 Å². The number of nitrogens with one attached hydrogen (secondary N) is 1. The predicted molar refractivity (Wildman–Crippen MR) is 63.7 cm³/mol. The molecule has 0 heterocycles. The standard InChI is InChI=1S/C14H17N/c1-3-4-9-15-14-8-6-12-10-11(2)5-7-13(12)14/h5,7,10,14-15H,6,8-9H2,1-2H3. The maximum Gasteiger partial charge on any atom is 0.0581 e. The molecule has 0 fully saturated rings. The zero-order chi connectivity index (χ0) is 10.7. The lowest BCUT2D eigenvalue weighted by molar-refractivity contribution is 0.568. The molecule has 0 aliphatic heterocycles. The second kappa shape index (κ2) is 4.51. The van der Waals surface area contributed by atoms with Crippen LogP contribution in [0.4, 0.5) is 0 Å². The fourth-order valence-electron chi connectivity index (χ4n) is 2.22. The van der Waals surface area contributed by atoms with Gasteiger partial charge in [0.15, 0.2) is 0 Å². The van der Waals surface area contributed by atoms with Gasteiger partial charge in [0.25, 0.3) is 0 Å². The Bertz CT molecular complexity index is 409. The van der Waals surface area contributed by atoms with E-state index in [0.717, 1.165) is 6.54 Å². The van der Waals surface area contributed by atoms with Crippen LogP contribution in [0.2, 0.25) is 0 Å². The first-order chi connectivity index (χ1) is 7.31. The van der Waals surface area contributed by atoms with Crippen LogP contribution in [-0.4, -0.2) is 6.54 Å². The van der Waals surface area contributed by atoms with Crippen LogP contribution < -0.4 is 5.32 Å². The topological polar surface area (TPSA) is 12.0 Å². The lowest BCUT2D eigenvalue weighted by Gasteiger charge is -2.11. The number of fused-ring (bicyclic) bond motifs is 1. The number of benzene rings is 1. The lowest BCUT2D eigenvalue weighted by atomic mass is 10.1. The molecule has 1 aromatic rings. The first-order valence-corrected chi connectivity index (χ1v) is 5.53. The molecule has 2 rings (SSSR count). The van der Waals surface area contributed by atoms with Crippen LogP contribution >= 0.6 is 0 Å². The van der Waals surface area contributed by atoms with E-state index in [4.69, 9.17) is 0 Å². The fourth-order valence-corrected chi connectivity index (χ4v) is 2.22. The minimum Gasteiger partial charge on any atom is -0.299 e. The van der Waals surface area contributed by atoms with Gasteiger partial charge in [0.2, 0.25) is 0 Å². The molecular formula is C14H17N. The van der Waals surface area contributed by atoms with Crippen molar-refractivity contribution < 1.29 is 0 Å². The average molecular weight is 199 g/mol. The van der Waals surface area contributed by atoms with E-state index in [1.54, 1.807) is 0 Å². The Morgan fingerprint density at radius 2 is 2.33 bits per heavy atom. The van der Waals surface area contributed by atoms with Crippen LogP contribution in [0.25, 0.3) is 0 Å². The molecule has 1 aliphatic rings. The highest BCUT2D eigenvalue weighted by molar-refractivity contribution is 5.37. The molecule has 0 aromatic heterocycles. The summed E-state index contributed by atoms with van der Waals surface area (Å²) >= 11 is 0. The van der Waals surface area contributed by atoms with Gasteiger partial charge in [-0.15, -0.1) is 5.92 Å². The van der Waals surface area contributed by atoms with Gasteiger partial charge in [0.1, 0.15) is 0 Å². The normalized spacial score (nSPS) is 18.1. The highest BCUT2D eigenvalue weighted by Gasteiger charge is 2.20. The van der Waals surface area contributed by atoms with Gasteiger partial charge >= 0.3 is 0 Å². The first kappa shape index (κ1) is 10.3. The second-order valence-corrected chi connectivity index (χ2v) is 4.10. The molecule has 0 amide bonds. The molecule has 0 bridgehead atoms. The molecule has 1 unspecified atom stereocenters. The Morgan fingerprint density at radius 1 is 1.47 bits per heavy atom.